The van der Waals surface area contributed by atoms with Gasteiger partial charge in [0.15, 0.2) is 11.5 Å². The molecule has 2 aromatic rings. The summed E-state index contributed by atoms with van der Waals surface area (Å²) in [6.07, 6.45) is -4.01. The summed E-state index contributed by atoms with van der Waals surface area (Å²) in [4.78, 5) is 12.7. The highest BCUT2D eigenvalue weighted by molar-refractivity contribution is 5.83. The molecule has 1 aliphatic carbocycles. The van der Waals surface area contributed by atoms with Crippen LogP contribution < -0.4 is 14.8 Å². The van der Waals surface area contributed by atoms with Crippen LogP contribution in [-0.2, 0) is 11.0 Å². The average molecular weight is 407 g/mol. The number of rotatable bonds is 6. The fourth-order valence-electron chi connectivity index (χ4n) is 3.77. The van der Waals surface area contributed by atoms with E-state index in [1.807, 2.05) is 26.0 Å². The summed E-state index contributed by atoms with van der Waals surface area (Å²) in [6, 6.07) is 8.79. The summed E-state index contributed by atoms with van der Waals surface area (Å²) < 4.78 is 50.4. The van der Waals surface area contributed by atoms with Crippen LogP contribution in [0.4, 0.5) is 13.2 Å². The van der Waals surface area contributed by atoms with Gasteiger partial charge in [0.25, 0.3) is 0 Å². The highest BCUT2D eigenvalue weighted by atomic mass is 19.4. The molecule has 1 amide bonds. The van der Waals surface area contributed by atoms with Gasteiger partial charge in [-0.2, -0.15) is 13.2 Å². The molecular formula is C22H24F3NO3. The number of alkyl halides is 3. The highest BCUT2D eigenvalue weighted by Gasteiger charge is 2.48. The van der Waals surface area contributed by atoms with Gasteiger partial charge in [-0.3, -0.25) is 4.79 Å². The topological polar surface area (TPSA) is 47.6 Å². The normalized spacial score (nSPS) is 19.4. The predicted molar refractivity (Wildman–Crippen MR) is 103 cm³/mol. The minimum Gasteiger partial charge on any atom is -0.493 e. The van der Waals surface area contributed by atoms with Crippen LogP contribution >= 0.6 is 0 Å². The number of carbonyl (C=O) groups excluding carboxylic acids is 1. The Hall–Kier alpha value is -2.70. The zero-order valence-electron chi connectivity index (χ0n) is 16.8. The molecule has 3 unspecified atom stereocenters. The van der Waals surface area contributed by atoms with Crippen molar-refractivity contribution in [3.8, 4) is 11.5 Å². The van der Waals surface area contributed by atoms with Gasteiger partial charge < -0.3 is 14.8 Å². The van der Waals surface area contributed by atoms with Gasteiger partial charge in [-0.05, 0) is 61.1 Å². The summed E-state index contributed by atoms with van der Waals surface area (Å²) in [7, 11) is 3.08. The fraction of sp³-hybridized carbons (Fsp3) is 0.409. The molecule has 0 radical (unpaired) electrons. The van der Waals surface area contributed by atoms with Gasteiger partial charge >= 0.3 is 6.18 Å². The van der Waals surface area contributed by atoms with E-state index >= 15 is 0 Å². The zero-order chi connectivity index (χ0) is 21.3. The molecule has 0 aromatic heterocycles. The van der Waals surface area contributed by atoms with Gasteiger partial charge in [0.2, 0.25) is 5.91 Å². The second kappa shape index (κ2) is 7.97. The van der Waals surface area contributed by atoms with E-state index in [-0.39, 0.29) is 17.5 Å². The van der Waals surface area contributed by atoms with Gasteiger partial charge in [-0.1, -0.05) is 18.2 Å². The van der Waals surface area contributed by atoms with Crippen molar-refractivity contribution in [1.82, 2.24) is 5.32 Å². The minimum absolute atomic E-state index is 0.190. The van der Waals surface area contributed by atoms with Crippen LogP contribution in [0.2, 0.25) is 0 Å². The highest BCUT2D eigenvalue weighted by Crippen LogP contribution is 2.51. The minimum atomic E-state index is -4.43. The van der Waals surface area contributed by atoms with Crippen molar-refractivity contribution in [3.63, 3.8) is 0 Å². The first kappa shape index (κ1) is 21.0. The molecule has 1 aliphatic rings. The molecule has 2 aromatic carbocycles. The molecule has 0 saturated heterocycles. The Balaban J connectivity index is 1.73. The van der Waals surface area contributed by atoms with Crippen molar-refractivity contribution < 1.29 is 27.4 Å². The van der Waals surface area contributed by atoms with E-state index < -0.39 is 23.6 Å². The molecule has 0 aliphatic heterocycles. The lowest BCUT2D eigenvalue weighted by Crippen LogP contribution is -2.29. The number of benzene rings is 2. The molecule has 3 atom stereocenters. The molecule has 0 spiro atoms. The molecular weight excluding hydrogens is 383 g/mol. The van der Waals surface area contributed by atoms with E-state index in [0.29, 0.717) is 17.9 Å². The van der Waals surface area contributed by atoms with Crippen LogP contribution in [-0.4, -0.2) is 20.1 Å². The van der Waals surface area contributed by atoms with Gasteiger partial charge in [-0.25, -0.2) is 0 Å². The quantitative estimate of drug-likeness (QED) is 0.732. The number of amides is 1. The zero-order valence-corrected chi connectivity index (χ0v) is 16.8. The van der Waals surface area contributed by atoms with E-state index in [9.17, 15) is 18.0 Å². The molecule has 29 heavy (non-hydrogen) atoms. The van der Waals surface area contributed by atoms with E-state index in [0.717, 1.165) is 17.2 Å². The second-order valence-corrected chi connectivity index (χ2v) is 7.33. The van der Waals surface area contributed by atoms with Crippen molar-refractivity contribution in [3.05, 3.63) is 58.7 Å². The number of methoxy groups -OCH3 is 2. The first-order valence-electron chi connectivity index (χ1n) is 9.36. The molecule has 1 N–H and O–H groups in total. The Morgan fingerprint density at radius 3 is 2.38 bits per heavy atom. The van der Waals surface area contributed by atoms with Gasteiger partial charge in [0.05, 0.1) is 25.8 Å². The Morgan fingerprint density at radius 1 is 1.14 bits per heavy atom. The standard InChI is InChI=1S/C22H24F3NO3/c1-12-9-19(28-3)20(29-4)11-15(12)13(2)26-21(27)17-10-16(17)14-7-5-6-8-18(14)22(23,24)25/h5-9,11,13,16-17H,10H2,1-4H3,(H,26,27). The van der Waals surface area contributed by atoms with Crippen LogP contribution in [0.25, 0.3) is 0 Å². The first-order valence-corrected chi connectivity index (χ1v) is 9.36. The number of nitrogens with one attached hydrogen (secondary N) is 1. The summed E-state index contributed by atoms with van der Waals surface area (Å²) in [5.41, 5.74) is 1.31. The summed E-state index contributed by atoms with van der Waals surface area (Å²) in [5.74, 6) is 0.0393. The lowest BCUT2D eigenvalue weighted by molar-refractivity contribution is -0.138. The molecule has 1 saturated carbocycles. The maximum absolute atomic E-state index is 13.3. The Bertz CT molecular complexity index is 911. The van der Waals surface area contributed by atoms with Crippen molar-refractivity contribution in [1.29, 1.82) is 0 Å². The molecule has 3 rings (SSSR count). The smallest absolute Gasteiger partial charge is 0.416 e. The molecule has 156 valence electrons. The van der Waals surface area contributed by atoms with Gasteiger partial charge in [0.1, 0.15) is 0 Å². The fourth-order valence-corrected chi connectivity index (χ4v) is 3.77. The second-order valence-electron chi connectivity index (χ2n) is 7.33. The van der Waals surface area contributed by atoms with Gasteiger partial charge in [0, 0.05) is 5.92 Å². The van der Waals surface area contributed by atoms with Crippen LogP contribution in [0.1, 0.15) is 47.6 Å². The molecule has 0 heterocycles. The number of halogens is 3. The van der Waals surface area contributed by atoms with Gasteiger partial charge in [-0.15, -0.1) is 0 Å². The molecule has 4 nitrogen and oxygen atoms in total. The van der Waals surface area contributed by atoms with E-state index in [4.69, 9.17) is 9.47 Å². The number of carbonyl (C=O) groups is 1. The van der Waals surface area contributed by atoms with Crippen LogP contribution in [0.3, 0.4) is 0 Å². The summed E-state index contributed by atoms with van der Waals surface area (Å²) >= 11 is 0. The number of hydrogen-bond donors (Lipinski definition) is 1. The molecule has 1 fully saturated rings. The summed E-state index contributed by atoms with van der Waals surface area (Å²) in [5, 5.41) is 2.93. The monoisotopic (exact) mass is 407 g/mol. The molecule has 7 heteroatoms. The Morgan fingerprint density at radius 2 is 1.76 bits per heavy atom. The van der Waals surface area contributed by atoms with Crippen molar-refractivity contribution >= 4 is 5.91 Å². The number of hydrogen-bond acceptors (Lipinski definition) is 3. The summed E-state index contributed by atoms with van der Waals surface area (Å²) in [6.45, 7) is 3.74. The predicted octanol–water partition coefficient (Wildman–Crippen LogP) is 5.01. The lowest BCUT2D eigenvalue weighted by atomic mass is 10.00. The molecule has 0 bridgehead atoms. The Labute approximate surface area is 168 Å². The maximum atomic E-state index is 13.3. The lowest BCUT2D eigenvalue weighted by Gasteiger charge is -2.19. The number of aryl methyl sites for hydroxylation is 1. The van der Waals surface area contributed by atoms with E-state index in [1.54, 1.807) is 13.2 Å². The maximum Gasteiger partial charge on any atom is 0.416 e. The van der Waals surface area contributed by atoms with Crippen molar-refractivity contribution in [2.75, 3.05) is 14.2 Å². The third-order valence-electron chi connectivity index (χ3n) is 5.39. The Kier molecular flexibility index (Phi) is 5.78. The van der Waals surface area contributed by atoms with E-state index in [2.05, 4.69) is 5.32 Å². The van der Waals surface area contributed by atoms with Crippen LogP contribution in [0.15, 0.2) is 36.4 Å². The number of ether oxygens (including phenoxy) is 2. The average Bonchev–Trinajstić information content (AvgIpc) is 3.47. The van der Waals surface area contributed by atoms with Crippen LogP contribution in [0, 0.1) is 12.8 Å². The van der Waals surface area contributed by atoms with Crippen molar-refractivity contribution in [2.45, 2.75) is 38.4 Å². The van der Waals surface area contributed by atoms with Crippen LogP contribution in [0.5, 0.6) is 11.5 Å². The largest absolute Gasteiger partial charge is 0.493 e. The SMILES string of the molecule is COc1cc(C)c(C(C)NC(=O)C2CC2c2ccccc2C(F)(F)F)cc1OC. The van der Waals surface area contributed by atoms with E-state index in [1.165, 1.54) is 19.2 Å². The van der Waals surface area contributed by atoms with Crippen molar-refractivity contribution in [2.24, 2.45) is 5.92 Å². The third kappa shape index (κ3) is 4.33. The third-order valence-corrected chi connectivity index (χ3v) is 5.39. The first-order chi connectivity index (χ1) is 13.7.